The Hall–Kier alpha value is -3.94. The molecule has 2 heterocycles. The molecule has 0 bridgehead atoms. The first-order valence-electron chi connectivity index (χ1n) is 9.82. The minimum atomic E-state index is -0.171. The van der Waals surface area contributed by atoms with Crippen LogP contribution in [0.15, 0.2) is 79.6 Å². The van der Waals surface area contributed by atoms with Crippen molar-refractivity contribution in [2.24, 2.45) is 0 Å². The lowest BCUT2D eigenvalue weighted by atomic mass is 10.2. The molecule has 2 amide bonds. The highest BCUT2D eigenvalue weighted by Crippen LogP contribution is 2.09. The number of carbonyl (C=O) groups is 1. The summed E-state index contributed by atoms with van der Waals surface area (Å²) in [6.07, 6.45) is 8.74. The van der Waals surface area contributed by atoms with Crippen LogP contribution in [-0.2, 0) is 13.0 Å². The van der Waals surface area contributed by atoms with Crippen LogP contribution in [0.25, 0.3) is 11.4 Å². The van der Waals surface area contributed by atoms with E-state index in [-0.39, 0.29) is 6.03 Å². The Labute approximate surface area is 174 Å². The molecule has 0 aliphatic carbocycles. The second-order valence-corrected chi connectivity index (χ2v) is 6.85. The summed E-state index contributed by atoms with van der Waals surface area (Å²) >= 11 is 0. The van der Waals surface area contributed by atoms with Gasteiger partial charge in [-0.05, 0) is 48.2 Å². The second kappa shape index (κ2) is 9.51. The maximum absolute atomic E-state index is 12.0. The average Bonchev–Trinajstić information content (AvgIpc) is 3.49. The van der Waals surface area contributed by atoms with E-state index in [2.05, 4.69) is 25.8 Å². The van der Waals surface area contributed by atoms with Crippen LogP contribution in [0.2, 0.25) is 0 Å². The summed E-state index contributed by atoms with van der Waals surface area (Å²) in [7, 11) is 0. The van der Waals surface area contributed by atoms with Crippen molar-refractivity contribution in [1.29, 1.82) is 0 Å². The van der Waals surface area contributed by atoms with Crippen LogP contribution >= 0.6 is 0 Å². The number of carbonyl (C=O) groups excluding carboxylic acids is 1. The van der Waals surface area contributed by atoms with E-state index < -0.39 is 0 Å². The van der Waals surface area contributed by atoms with Crippen LogP contribution in [0, 0.1) is 0 Å². The summed E-state index contributed by atoms with van der Waals surface area (Å²) < 4.78 is 3.55. The van der Waals surface area contributed by atoms with Crippen LogP contribution in [-0.4, -0.2) is 37.1 Å². The molecule has 0 saturated carbocycles. The molecule has 2 aromatic carbocycles. The number of nitrogens with one attached hydrogen (secondary N) is 2. The van der Waals surface area contributed by atoms with E-state index in [1.807, 2.05) is 71.7 Å². The van der Waals surface area contributed by atoms with E-state index in [9.17, 15) is 4.79 Å². The summed E-state index contributed by atoms with van der Waals surface area (Å²) in [6, 6.07) is 17.6. The van der Waals surface area contributed by atoms with Gasteiger partial charge in [0.15, 0.2) is 0 Å². The van der Waals surface area contributed by atoms with Gasteiger partial charge in [-0.1, -0.05) is 30.3 Å². The number of urea groups is 1. The fourth-order valence-electron chi connectivity index (χ4n) is 3.06. The number of rotatable bonds is 8. The van der Waals surface area contributed by atoms with Gasteiger partial charge in [-0.3, -0.25) is 0 Å². The number of hydrogen-bond donors (Lipinski definition) is 2. The Balaban J connectivity index is 1.16. The lowest BCUT2D eigenvalue weighted by molar-refractivity contribution is 0.240. The molecule has 2 aromatic heterocycles. The third-order valence-electron chi connectivity index (χ3n) is 4.66. The molecule has 0 unspecified atom stereocenters. The number of nitrogens with zero attached hydrogens (tertiary/aromatic N) is 5. The zero-order valence-corrected chi connectivity index (χ0v) is 16.5. The van der Waals surface area contributed by atoms with Crippen molar-refractivity contribution in [3.05, 3.63) is 90.8 Å². The van der Waals surface area contributed by atoms with Gasteiger partial charge in [0.05, 0.1) is 17.6 Å². The minimum absolute atomic E-state index is 0.171. The Bertz CT molecular complexity index is 1060. The second-order valence-electron chi connectivity index (χ2n) is 6.85. The lowest BCUT2D eigenvalue weighted by Crippen LogP contribution is -2.35. The van der Waals surface area contributed by atoms with E-state index >= 15 is 0 Å². The fourth-order valence-corrected chi connectivity index (χ4v) is 3.06. The van der Waals surface area contributed by atoms with E-state index in [1.54, 1.807) is 11.0 Å². The lowest BCUT2D eigenvalue weighted by Gasteiger charge is -2.08. The van der Waals surface area contributed by atoms with Gasteiger partial charge in [0, 0.05) is 19.3 Å². The number of para-hydroxylation sites is 1. The standard InChI is InChI=1S/C22H23N7O/c30-22(25-13-18-8-10-21(11-9-18)29-17-23-16-27-29)24-12-4-5-19-14-26-28(15-19)20-6-2-1-3-7-20/h1-3,6-11,14-17H,4-5,12-13H2,(H2,24,25,30). The number of hydrogen-bond acceptors (Lipinski definition) is 4. The SMILES string of the molecule is O=C(NCCCc1cnn(-c2ccccc2)c1)NCc1ccc(-n2cncn2)cc1. The van der Waals surface area contributed by atoms with Crippen LogP contribution < -0.4 is 10.6 Å². The third-order valence-corrected chi connectivity index (χ3v) is 4.66. The summed E-state index contributed by atoms with van der Waals surface area (Å²) in [4.78, 5) is 15.9. The fraction of sp³-hybridized carbons (Fsp3) is 0.182. The minimum Gasteiger partial charge on any atom is -0.338 e. The van der Waals surface area contributed by atoms with Gasteiger partial charge in [0.1, 0.15) is 12.7 Å². The molecule has 8 heteroatoms. The Morgan fingerprint density at radius 3 is 2.43 bits per heavy atom. The van der Waals surface area contributed by atoms with Crippen molar-refractivity contribution in [3.63, 3.8) is 0 Å². The van der Waals surface area contributed by atoms with Crippen LogP contribution in [0.5, 0.6) is 0 Å². The Kier molecular flexibility index (Phi) is 6.14. The number of benzene rings is 2. The molecule has 0 fully saturated rings. The van der Waals surface area contributed by atoms with Gasteiger partial charge in [-0.15, -0.1) is 0 Å². The highest BCUT2D eigenvalue weighted by Gasteiger charge is 2.03. The molecule has 8 nitrogen and oxygen atoms in total. The molecule has 0 saturated heterocycles. The normalized spacial score (nSPS) is 10.7. The van der Waals surface area contributed by atoms with Gasteiger partial charge in [0.25, 0.3) is 0 Å². The molecule has 2 N–H and O–H groups in total. The van der Waals surface area contributed by atoms with Crippen molar-refractivity contribution in [1.82, 2.24) is 35.2 Å². The van der Waals surface area contributed by atoms with E-state index in [4.69, 9.17) is 0 Å². The molecule has 152 valence electrons. The van der Waals surface area contributed by atoms with E-state index in [0.29, 0.717) is 13.1 Å². The van der Waals surface area contributed by atoms with Crippen molar-refractivity contribution in [2.75, 3.05) is 6.54 Å². The summed E-state index contributed by atoms with van der Waals surface area (Å²) in [5.41, 5.74) is 4.13. The van der Waals surface area contributed by atoms with Crippen molar-refractivity contribution in [2.45, 2.75) is 19.4 Å². The van der Waals surface area contributed by atoms with Crippen LogP contribution in [0.3, 0.4) is 0 Å². The summed E-state index contributed by atoms with van der Waals surface area (Å²) in [5.74, 6) is 0. The maximum atomic E-state index is 12.0. The molecule has 30 heavy (non-hydrogen) atoms. The Morgan fingerprint density at radius 2 is 1.67 bits per heavy atom. The zero-order chi connectivity index (χ0) is 20.6. The maximum Gasteiger partial charge on any atom is 0.315 e. The van der Waals surface area contributed by atoms with Crippen LogP contribution in [0.4, 0.5) is 4.79 Å². The van der Waals surface area contributed by atoms with Gasteiger partial charge in [0.2, 0.25) is 0 Å². The molecule has 4 aromatic rings. The van der Waals surface area contributed by atoms with Gasteiger partial charge in [-0.2, -0.15) is 10.2 Å². The topological polar surface area (TPSA) is 89.7 Å². The van der Waals surface area contributed by atoms with Crippen molar-refractivity contribution >= 4 is 6.03 Å². The van der Waals surface area contributed by atoms with Crippen molar-refractivity contribution < 1.29 is 4.79 Å². The molecule has 0 atom stereocenters. The number of aromatic nitrogens is 5. The summed E-state index contributed by atoms with van der Waals surface area (Å²) in [6.45, 7) is 1.07. The summed E-state index contributed by atoms with van der Waals surface area (Å²) in [5, 5.41) is 14.3. The largest absolute Gasteiger partial charge is 0.338 e. The predicted octanol–water partition coefficient (Wildman–Crippen LogP) is 2.89. The average molecular weight is 401 g/mol. The van der Waals surface area contributed by atoms with Crippen molar-refractivity contribution in [3.8, 4) is 11.4 Å². The first-order valence-corrected chi connectivity index (χ1v) is 9.82. The predicted molar refractivity (Wildman–Crippen MR) is 113 cm³/mol. The first-order chi connectivity index (χ1) is 14.8. The third kappa shape index (κ3) is 5.11. The van der Waals surface area contributed by atoms with Crippen LogP contribution in [0.1, 0.15) is 17.5 Å². The molecule has 0 spiro atoms. The first kappa shape index (κ1) is 19.4. The van der Waals surface area contributed by atoms with Gasteiger partial charge >= 0.3 is 6.03 Å². The molecule has 0 radical (unpaired) electrons. The quantitative estimate of drug-likeness (QED) is 0.444. The van der Waals surface area contributed by atoms with Gasteiger partial charge in [-0.25, -0.2) is 19.1 Å². The smallest absolute Gasteiger partial charge is 0.315 e. The molecular formula is C22H23N7O. The zero-order valence-electron chi connectivity index (χ0n) is 16.5. The number of amides is 2. The highest BCUT2D eigenvalue weighted by molar-refractivity contribution is 5.73. The highest BCUT2D eigenvalue weighted by atomic mass is 16.2. The van der Waals surface area contributed by atoms with E-state index in [1.165, 1.54) is 6.33 Å². The molecular weight excluding hydrogens is 378 g/mol. The van der Waals surface area contributed by atoms with Gasteiger partial charge < -0.3 is 10.6 Å². The molecule has 4 rings (SSSR count). The molecule has 0 aliphatic heterocycles. The monoisotopic (exact) mass is 401 g/mol. The molecule has 0 aliphatic rings. The van der Waals surface area contributed by atoms with E-state index in [0.717, 1.165) is 35.3 Å². The Morgan fingerprint density at radius 1 is 0.867 bits per heavy atom. The number of aryl methyl sites for hydroxylation is 1.